The first kappa shape index (κ1) is 28.2. The van der Waals surface area contributed by atoms with E-state index < -0.39 is 50.5 Å². The standard InChI is InChI=1S/C24H31F6N3O3S/c25-23(26,27)18-11-17(12-19(13-18)24(28,29)30)21(34)31-14-16-5-9-33(10-6-16)15-22(7-1-2-8-22)32-37(35,36)20-3-4-20/h11-13,16,20,32H,1-10,14-15H2,(H,31,34). The maximum atomic E-state index is 13.1. The molecule has 3 aliphatic rings. The van der Waals surface area contributed by atoms with Crippen LogP contribution in [0.4, 0.5) is 26.3 Å². The molecule has 1 aliphatic heterocycles. The van der Waals surface area contributed by atoms with Gasteiger partial charge in [0.05, 0.1) is 16.4 Å². The van der Waals surface area contributed by atoms with Crippen molar-refractivity contribution >= 4 is 15.9 Å². The first-order chi connectivity index (χ1) is 17.2. The third-order valence-electron chi connectivity index (χ3n) is 7.52. The lowest BCUT2D eigenvalue weighted by Gasteiger charge is -2.39. The second-order valence-corrected chi connectivity index (χ2v) is 12.5. The van der Waals surface area contributed by atoms with E-state index in [1.165, 1.54) is 0 Å². The fourth-order valence-electron chi connectivity index (χ4n) is 5.31. The number of nitrogens with one attached hydrogen (secondary N) is 2. The summed E-state index contributed by atoms with van der Waals surface area (Å²) in [4.78, 5) is 14.6. The summed E-state index contributed by atoms with van der Waals surface area (Å²) < 4.78 is 107. The van der Waals surface area contributed by atoms with Gasteiger partial charge in [-0.25, -0.2) is 13.1 Å². The summed E-state index contributed by atoms with van der Waals surface area (Å²) in [5, 5.41) is 2.20. The molecule has 0 unspecified atom stereocenters. The zero-order valence-electron chi connectivity index (χ0n) is 20.2. The third-order valence-corrected chi connectivity index (χ3v) is 9.58. The van der Waals surface area contributed by atoms with Crippen LogP contribution >= 0.6 is 0 Å². The average molecular weight is 556 g/mol. The number of hydrogen-bond acceptors (Lipinski definition) is 4. The first-order valence-corrected chi connectivity index (χ1v) is 14.0. The molecule has 0 bridgehead atoms. The molecule has 6 nitrogen and oxygen atoms in total. The van der Waals surface area contributed by atoms with Crippen molar-refractivity contribution in [1.82, 2.24) is 14.9 Å². The molecule has 37 heavy (non-hydrogen) atoms. The third kappa shape index (κ3) is 7.17. The number of sulfonamides is 1. The number of carbonyl (C=O) groups is 1. The van der Waals surface area contributed by atoms with Gasteiger partial charge in [-0.3, -0.25) is 4.79 Å². The number of benzene rings is 1. The number of likely N-dealkylation sites (tertiary alicyclic amines) is 1. The highest BCUT2D eigenvalue weighted by Crippen LogP contribution is 2.37. The van der Waals surface area contributed by atoms with Gasteiger partial charge in [0.15, 0.2) is 0 Å². The lowest BCUT2D eigenvalue weighted by Crippen LogP contribution is -2.55. The average Bonchev–Trinajstić information content (AvgIpc) is 3.59. The summed E-state index contributed by atoms with van der Waals surface area (Å²) in [5.74, 6) is -0.978. The molecule has 1 aromatic carbocycles. The van der Waals surface area contributed by atoms with Gasteiger partial charge in [0.2, 0.25) is 10.0 Å². The predicted molar refractivity (Wildman–Crippen MR) is 124 cm³/mol. The fourth-order valence-corrected chi connectivity index (χ4v) is 7.11. The molecule has 1 aromatic rings. The van der Waals surface area contributed by atoms with E-state index in [4.69, 9.17) is 0 Å². The van der Waals surface area contributed by atoms with Crippen LogP contribution in [0, 0.1) is 5.92 Å². The summed E-state index contributed by atoms with van der Waals surface area (Å²) in [7, 11) is -3.32. The number of nitrogens with zero attached hydrogens (tertiary/aromatic N) is 1. The molecule has 0 atom stereocenters. The Morgan fingerprint density at radius 2 is 1.46 bits per heavy atom. The van der Waals surface area contributed by atoms with Crippen LogP contribution < -0.4 is 10.0 Å². The van der Waals surface area contributed by atoms with Crippen LogP contribution in [0.5, 0.6) is 0 Å². The van der Waals surface area contributed by atoms with E-state index in [1.54, 1.807) is 0 Å². The number of piperidine rings is 1. The smallest absolute Gasteiger partial charge is 0.352 e. The number of rotatable bonds is 8. The van der Waals surface area contributed by atoms with E-state index in [9.17, 15) is 39.6 Å². The zero-order chi connectivity index (χ0) is 27.1. The van der Waals surface area contributed by atoms with Gasteiger partial charge < -0.3 is 10.2 Å². The minimum atomic E-state index is -5.02. The van der Waals surface area contributed by atoms with Gasteiger partial charge in [0.1, 0.15) is 0 Å². The highest BCUT2D eigenvalue weighted by molar-refractivity contribution is 7.90. The van der Waals surface area contributed by atoms with Crippen molar-refractivity contribution in [3.8, 4) is 0 Å². The molecule has 0 radical (unpaired) electrons. The van der Waals surface area contributed by atoms with Crippen LogP contribution in [0.25, 0.3) is 0 Å². The highest BCUT2D eigenvalue weighted by atomic mass is 32.2. The van der Waals surface area contributed by atoms with E-state index in [0.29, 0.717) is 57.5 Å². The molecule has 1 amide bonds. The fraction of sp³-hybridized carbons (Fsp3) is 0.708. The number of alkyl halides is 6. The maximum Gasteiger partial charge on any atom is 0.416 e. The monoisotopic (exact) mass is 555 g/mol. The molecule has 4 rings (SSSR count). The van der Waals surface area contributed by atoms with Crippen molar-refractivity contribution in [1.29, 1.82) is 0 Å². The molecular formula is C24H31F6N3O3S. The number of carbonyl (C=O) groups excluding carboxylic acids is 1. The predicted octanol–water partition coefficient (Wildman–Crippen LogP) is 4.56. The minimum Gasteiger partial charge on any atom is -0.352 e. The molecule has 1 saturated heterocycles. The molecular weight excluding hydrogens is 524 g/mol. The Kier molecular flexibility index (Phi) is 7.89. The van der Waals surface area contributed by atoms with Crippen LogP contribution in [0.3, 0.4) is 0 Å². The molecule has 1 heterocycles. The Morgan fingerprint density at radius 3 is 1.95 bits per heavy atom. The summed E-state index contributed by atoms with van der Waals surface area (Å²) in [6.07, 6.45) is -3.83. The normalized spacial score (nSPS) is 21.8. The summed E-state index contributed by atoms with van der Waals surface area (Å²) >= 11 is 0. The van der Waals surface area contributed by atoms with Crippen LogP contribution in [0.1, 0.15) is 72.9 Å². The van der Waals surface area contributed by atoms with Crippen molar-refractivity contribution in [3.05, 3.63) is 34.9 Å². The van der Waals surface area contributed by atoms with Crippen molar-refractivity contribution < 1.29 is 39.6 Å². The SMILES string of the molecule is O=C(NCC1CCN(CC2(NS(=O)(=O)C3CC3)CCCC2)CC1)c1cc(C(F)(F)F)cc(C(F)(F)F)c1. The Hall–Kier alpha value is -1.86. The van der Waals surface area contributed by atoms with Gasteiger partial charge in [-0.2, -0.15) is 26.3 Å². The van der Waals surface area contributed by atoms with Gasteiger partial charge in [-0.15, -0.1) is 0 Å². The molecule has 0 aromatic heterocycles. The Balaban J connectivity index is 1.31. The first-order valence-electron chi connectivity index (χ1n) is 12.5. The minimum absolute atomic E-state index is 0.00559. The van der Waals surface area contributed by atoms with E-state index in [0.717, 1.165) is 25.7 Å². The summed E-state index contributed by atoms with van der Waals surface area (Å²) in [6, 6.07) is 0.849. The van der Waals surface area contributed by atoms with Gasteiger partial charge in [0.25, 0.3) is 5.91 Å². The maximum absolute atomic E-state index is 13.1. The van der Waals surface area contributed by atoms with Crippen LogP contribution in [0.15, 0.2) is 18.2 Å². The second-order valence-electron chi connectivity index (χ2n) is 10.6. The molecule has 208 valence electrons. The number of halogens is 6. The van der Waals surface area contributed by atoms with Gasteiger partial charge >= 0.3 is 12.4 Å². The van der Waals surface area contributed by atoms with Crippen molar-refractivity contribution in [2.75, 3.05) is 26.2 Å². The van der Waals surface area contributed by atoms with E-state index in [2.05, 4.69) is 14.9 Å². The largest absolute Gasteiger partial charge is 0.416 e. The molecule has 3 fully saturated rings. The topological polar surface area (TPSA) is 78.5 Å². The lowest BCUT2D eigenvalue weighted by atomic mass is 9.93. The zero-order valence-corrected chi connectivity index (χ0v) is 21.0. The Labute approximate surface area is 212 Å². The van der Waals surface area contributed by atoms with Gasteiger partial charge in [0, 0.05) is 24.2 Å². The number of amides is 1. The molecule has 2 N–H and O–H groups in total. The van der Waals surface area contributed by atoms with Crippen LogP contribution in [0.2, 0.25) is 0 Å². The lowest BCUT2D eigenvalue weighted by molar-refractivity contribution is -0.143. The summed E-state index contributed by atoms with van der Waals surface area (Å²) in [5.41, 5.74) is -4.22. The van der Waals surface area contributed by atoms with Crippen molar-refractivity contribution in [2.45, 2.75) is 74.5 Å². The Bertz CT molecular complexity index is 1060. The van der Waals surface area contributed by atoms with Gasteiger partial charge in [-0.05, 0) is 75.7 Å². The van der Waals surface area contributed by atoms with Gasteiger partial charge in [-0.1, -0.05) is 12.8 Å². The molecule has 13 heteroatoms. The van der Waals surface area contributed by atoms with E-state index in [-0.39, 0.29) is 23.8 Å². The second kappa shape index (κ2) is 10.4. The number of hydrogen-bond donors (Lipinski definition) is 2. The van der Waals surface area contributed by atoms with E-state index >= 15 is 0 Å². The van der Waals surface area contributed by atoms with E-state index in [1.807, 2.05) is 0 Å². The molecule has 0 spiro atoms. The summed E-state index contributed by atoms with van der Waals surface area (Å²) in [6.45, 7) is 2.05. The molecule has 2 aliphatic carbocycles. The Morgan fingerprint density at radius 1 is 0.919 bits per heavy atom. The van der Waals surface area contributed by atoms with Crippen molar-refractivity contribution in [2.24, 2.45) is 5.92 Å². The highest BCUT2D eigenvalue weighted by Gasteiger charge is 2.44. The van der Waals surface area contributed by atoms with Crippen LogP contribution in [-0.4, -0.2) is 56.2 Å². The quantitative estimate of drug-likeness (QED) is 0.461. The molecule has 2 saturated carbocycles. The van der Waals surface area contributed by atoms with Crippen LogP contribution in [-0.2, 0) is 22.4 Å². The van der Waals surface area contributed by atoms with Crippen molar-refractivity contribution in [3.63, 3.8) is 0 Å².